The fourth-order valence-corrected chi connectivity index (χ4v) is 9.63. The van der Waals surface area contributed by atoms with Crippen LogP contribution in [0, 0.1) is 0 Å². The van der Waals surface area contributed by atoms with Crippen LogP contribution in [0.15, 0.2) is 117 Å². The number of aryl methyl sites for hydroxylation is 1. The van der Waals surface area contributed by atoms with Gasteiger partial charge < -0.3 is 33.4 Å². The highest BCUT2D eigenvalue weighted by Gasteiger charge is 2.44. The van der Waals surface area contributed by atoms with E-state index in [0.717, 1.165) is 118 Å². The Balaban J connectivity index is 0.00000190. The molecule has 3 aromatic rings. The van der Waals surface area contributed by atoms with Crippen molar-refractivity contribution in [2.24, 2.45) is 0 Å². The van der Waals surface area contributed by atoms with Crippen molar-refractivity contribution in [3.05, 3.63) is 124 Å². The van der Waals surface area contributed by atoms with Crippen molar-refractivity contribution in [1.29, 1.82) is 0 Å². The first kappa shape index (κ1) is 51.9. The minimum Gasteiger partial charge on any atom is -0.457 e. The van der Waals surface area contributed by atoms with Gasteiger partial charge in [0.15, 0.2) is 5.71 Å². The summed E-state index contributed by atoms with van der Waals surface area (Å²) >= 11 is 1.60. The molecule has 0 spiro atoms. The molecule has 0 radical (unpaired) electrons. The van der Waals surface area contributed by atoms with Crippen LogP contribution in [0.2, 0.25) is 0 Å². The number of allylic oxidation sites excluding steroid dienone is 7. The first-order valence-electron chi connectivity index (χ1n) is 23.5. The van der Waals surface area contributed by atoms with Crippen LogP contribution in [-0.2, 0) is 22.0 Å². The molecule has 6 rings (SSSR count). The molecule has 0 unspecified atom stereocenters. The molecule has 2 aliphatic heterocycles. The Kier molecular flexibility index (Phi) is 18.0. The molecule has 3 aliphatic rings. The van der Waals surface area contributed by atoms with Crippen LogP contribution < -0.4 is 19.9 Å². The quantitative estimate of drug-likeness (QED) is 0.0609. The first-order chi connectivity index (χ1) is 30.7. The topological polar surface area (TPSA) is 89.5 Å². The molecular formula is C54H78N5O4S2+3. The SMILES string of the molecule is CCC[N+]1=C(/C=C/C2=C(Oc3ccc(CCC(=O)NC(C)C)cc3)C(=C/C=C3/N(CCC[N+](C)(C)C)c4ccc(SO)cc4C3(C)C)/CCC2)C(C)(C)c2cc(SO)ccc21.C[NH+](C)C. The molecule has 0 bridgehead atoms. The lowest BCUT2D eigenvalue weighted by Gasteiger charge is -2.29. The van der Waals surface area contributed by atoms with Crippen LogP contribution >= 0.6 is 24.1 Å². The number of carbonyl (C=O) groups is 1. The number of carbonyl (C=O) groups excluding carboxylic acids is 1. The van der Waals surface area contributed by atoms with E-state index in [1.807, 2.05) is 38.1 Å². The zero-order chi connectivity index (χ0) is 47.7. The molecule has 65 heavy (non-hydrogen) atoms. The predicted octanol–water partition coefficient (Wildman–Crippen LogP) is 10.6. The number of nitrogens with one attached hydrogen (secondary N) is 2. The predicted molar refractivity (Wildman–Crippen MR) is 274 cm³/mol. The monoisotopic (exact) mass is 925 g/mol. The number of fused-ring (bicyclic) bond motifs is 2. The average Bonchev–Trinajstić information content (AvgIpc) is 3.58. The number of benzene rings is 3. The standard InChI is InChI=1S/C51H66N4O4S2.C3H9N/c1-11-30-53-44-25-23-40(60-57)33-42(44)50(4,5)46(53)27-19-37-14-12-15-38(49(37)59-39-21-16-36(17-22-39)18-29-48(56)52-35(2)3)20-28-47-51(6,7)43-34-41(61-58)24-26-45(43)54(47)31-13-32-55(8,9)10;1-4(2)3/h16-17,19-28,33-35H,11-15,18,29-32H2,1-10H3,(H-2,52,56,57,58);1-3H3/p+3. The van der Waals surface area contributed by atoms with Crippen molar-refractivity contribution in [3.8, 4) is 5.75 Å². The summed E-state index contributed by atoms with van der Waals surface area (Å²) in [5.41, 5.74) is 10.2. The summed E-state index contributed by atoms with van der Waals surface area (Å²) in [5, 5.41) is 2.99. The molecular weight excluding hydrogens is 847 g/mol. The van der Waals surface area contributed by atoms with Gasteiger partial charge >= 0.3 is 0 Å². The summed E-state index contributed by atoms with van der Waals surface area (Å²) in [5.74, 6) is 1.72. The van der Waals surface area contributed by atoms with E-state index in [1.165, 1.54) is 38.8 Å². The van der Waals surface area contributed by atoms with Crippen LogP contribution in [0.3, 0.4) is 0 Å². The van der Waals surface area contributed by atoms with E-state index in [4.69, 9.17) is 4.74 Å². The molecule has 9 nitrogen and oxygen atoms in total. The van der Waals surface area contributed by atoms with Gasteiger partial charge in [0.1, 0.15) is 18.1 Å². The van der Waals surface area contributed by atoms with Crippen molar-refractivity contribution < 1.29 is 32.6 Å². The molecule has 3 aromatic carbocycles. The van der Waals surface area contributed by atoms with Gasteiger partial charge in [0.2, 0.25) is 11.6 Å². The molecule has 0 fully saturated rings. The van der Waals surface area contributed by atoms with Crippen LogP contribution in [0.4, 0.5) is 11.4 Å². The highest BCUT2D eigenvalue weighted by atomic mass is 32.2. The lowest BCUT2D eigenvalue weighted by Crippen LogP contribution is -3.02. The third-order valence-corrected chi connectivity index (χ3v) is 13.1. The van der Waals surface area contributed by atoms with Gasteiger partial charge in [0, 0.05) is 100 Å². The summed E-state index contributed by atoms with van der Waals surface area (Å²) in [6.07, 6.45) is 15.1. The number of nitrogens with zero attached hydrogens (tertiary/aromatic N) is 3. The molecule has 0 saturated heterocycles. The van der Waals surface area contributed by atoms with Gasteiger partial charge in [-0.1, -0.05) is 39.0 Å². The largest absolute Gasteiger partial charge is 0.457 e. The van der Waals surface area contributed by atoms with Crippen molar-refractivity contribution in [2.45, 2.75) is 120 Å². The average molecular weight is 925 g/mol. The summed E-state index contributed by atoms with van der Waals surface area (Å²) in [6.45, 7) is 18.2. The van der Waals surface area contributed by atoms with Crippen molar-refractivity contribution in [3.63, 3.8) is 0 Å². The van der Waals surface area contributed by atoms with Crippen LogP contribution in [0.5, 0.6) is 5.75 Å². The van der Waals surface area contributed by atoms with Crippen molar-refractivity contribution in [1.82, 2.24) is 5.32 Å². The molecule has 0 aromatic heterocycles. The second-order valence-electron chi connectivity index (χ2n) is 20.6. The second-order valence-corrected chi connectivity index (χ2v) is 21.9. The fourth-order valence-electron chi connectivity index (χ4n) is 9.04. The van der Waals surface area contributed by atoms with E-state index < -0.39 is 0 Å². The molecule has 0 saturated carbocycles. The van der Waals surface area contributed by atoms with Gasteiger partial charge in [0.25, 0.3) is 0 Å². The van der Waals surface area contributed by atoms with E-state index in [-0.39, 0.29) is 22.8 Å². The normalized spacial score (nSPS) is 18.0. The van der Waals surface area contributed by atoms with E-state index in [9.17, 15) is 13.9 Å². The maximum atomic E-state index is 12.4. The molecule has 4 N–H and O–H groups in total. The van der Waals surface area contributed by atoms with Crippen LogP contribution in [-0.4, -0.2) is 97.7 Å². The van der Waals surface area contributed by atoms with Crippen LogP contribution in [0.25, 0.3) is 0 Å². The number of ether oxygens (including phenoxy) is 1. The summed E-state index contributed by atoms with van der Waals surface area (Å²) in [4.78, 5) is 18.0. The van der Waals surface area contributed by atoms with Crippen molar-refractivity contribution >= 4 is 47.1 Å². The Morgan fingerprint density at radius 2 is 1.55 bits per heavy atom. The number of anilines is 1. The van der Waals surface area contributed by atoms with Crippen LogP contribution in [0.1, 0.15) is 104 Å². The highest BCUT2D eigenvalue weighted by molar-refractivity contribution is 7.94. The smallest absolute Gasteiger partial charge is 0.220 e. The fraction of sp³-hybridized carbons (Fsp3) is 0.481. The lowest BCUT2D eigenvalue weighted by molar-refractivity contribution is -0.870. The Bertz CT molecular complexity index is 2290. The molecule has 11 heteroatoms. The Morgan fingerprint density at radius 1 is 0.908 bits per heavy atom. The number of hydrogen-bond donors (Lipinski definition) is 4. The van der Waals surface area contributed by atoms with E-state index in [2.05, 4.69) is 152 Å². The third-order valence-electron chi connectivity index (χ3n) is 12.2. The van der Waals surface area contributed by atoms with Gasteiger partial charge in [-0.2, -0.15) is 4.58 Å². The lowest BCUT2D eigenvalue weighted by atomic mass is 9.81. The first-order valence-corrected chi connectivity index (χ1v) is 25.1. The van der Waals surface area contributed by atoms with Gasteiger partial charge in [-0.15, -0.1) is 0 Å². The van der Waals surface area contributed by atoms with E-state index >= 15 is 0 Å². The molecule has 0 atom stereocenters. The van der Waals surface area contributed by atoms with E-state index in [0.29, 0.717) is 12.8 Å². The third kappa shape index (κ3) is 13.3. The van der Waals surface area contributed by atoms with Gasteiger partial charge in [-0.25, -0.2) is 0 Å². The number of quaternary nitrogens is 2. The second kappa shape index (κ2) is 22.6. The summed E-state index contributed by atoms with van der Waals surface area (Å²) < 4.78 is 30.3. The van der Waals surface area contributed by atoms with Gasteiger partial charge in [-0.3, -0.25) is 4.79 Å². The number of rotatable bonds is 17. The van der Waals surface area contributed by atoms with Gasteiger partial charge in [-0.05, 0) is 130 Å². The minimum atomic E-state index is -0.282. The molecule has 1 aliphatic carbocycles. The molecule has 1 amide bonds. The zero-order valence-corrected chi connectivity index (χ0v) is 43.2. The van der Waals surface area contributed by atoms with E-state index in [1.54, 1.807) is 0 Å². The minimum absolute atomic E-state index is 0.0628. The molecule has 2 heterocycles. The molecule has 352 valence electrons. The maximum absolute atomic E-state index is 12.4. The Hall–Kier alpha value is -4.10. The number of hydrogen-bond acceptors (Lipinski definition) is 7. The maximum Gasteiger partial charge on any atom is 0.220 e. The summed E-state index contributed by atoms with van der Waals surface area (Å²) in [7, 11) is 13.0. The van der Waals surface area contributed by atoms with Gasteiger partial charge in [0.05, 0.1) is 54.2 Å². The zero-order valence-electron chi connectivity index (χ0n) is 41.6. The Morgan fingerprint density at radius 3 is 2.17 bits per heavy atom. The summed E-state index contributed by atoms with van der Waals surface area (Å²) in [6, 6.07) is 20.9. The Labute approximate surface area is 400 Å². The van der Waals surface area contributed by atoms with Crippen molar-refractivity contribution in [2.75, 3.05) is 66.8 Å². The number of amides is 1. The highest BCUT2D eigenvalue weighted by Crippen LogP contribution is 2.49.